The van der Waals surface area contributed by atoms with Gasteiger partial charge < -0.3 is 10.5 Å². The van der Waals surface area contributed by atoms with E-state index in [1.54, 1.807) is 12.1 Å². The Bertz CT molecular complexity index is 662. The standard InChI is InChI=1S/C16H15NO2/c1-10-8-13(17)3-4-14(10)16(18)12-2-5-15-11(9-12)6-7-19-15/h2-5,8-9H,6-7,17H2,1H3. The number of aryl methyl sites for hydroxylation is 1. The molecule has 1 heterocycles. The topological polar surface area (TPSA) is 52.3 Å². The lowest BCUT2D eigenvalue weighted by molar-refractivity contribution is 0.103. The summed E-state index contributed by atoms with van der Waals surface area (Å²) in [5, 5.41) is 0. The van der Waals surface area contributed by atoms with Gasteiger partial charge in [0, 0.05) is 23.2 Å². The largest absolute Gasteiger partial charge is 0.493 e. The first-order valence-corrected chi connectivity index (χ1v) is 6.32. The molecule has 0 amide bonds. The third kappa shape index (κ3) is 2.08. The average molecular weight is 253 g/mol. The summed E-state index contributed by atoms with van der Waals surface area (Å²) in [6.07, 6.45) is 0.872. The van der Waals surface area contributed by atoms with Crippen molar-refractivity contribution in [3.8, 4) is 5.75 Å². The second kappa shape index (κ2) is 4.43. The number of ether oxygens (including phenoxy) is 1. The zero-order valence-electron chi connectivity index (χ0n) is 10.8. The molecule has 0 aliphatic carbocycles. The predicted octanol–water partition coefficient (Wildman–Crippen LogP) is 2.74. The molecule has 1 aliphatic heterocycles. The van der Waals surface area contributed by atoms with Gasteiger partial charge in [-0.3, -0.25) is 4.79 Å². The minimum atomic E-state index is 0.0344. The average Bonchev–Trinajstić information content (AvgIpc) is 2.85. The highest BCUT2D eigenvalue weighted by molar-refractivity contribution is 6.10. The number of nitrogens with two attached hydrogens (primary N) is 1. The molecule has 0 unspecified atom stereocenters. The summed E-state index contributed by atoms with van der Waals surface area (Å²) < 4.78 is 5.45. The van der Waals surface area contributed by atoms with Crippen LogP contribution >= 0.6 is 0 Å². The van der Waals surface area contributed by atoms with Crippen LogP contribution in [0.3, 0.4) is 0 Å². The highest BCUT2D eigenvalue weighted by Crippen LogP contribution is 2.27. The van der Waals surface area contributed by atoms with Crippen molar-refractivity contribution in [1.29, 1.82) is 0 Å². The maximum absolute atomic E-state index is 12.5. The van der Waals surface area contributed by atoms with Crippen molar-refractivity contribution in [2.45, 2.75) is 13.3 Å². The normalized spacial score (nSPS) is 12.9. The van der Waals surface area contributed by atoms with Crippen molar-refractivity contribution in [1.82, 2.24) is 0 Å². The van der Waals surface area contributed by atoms with Crippen LogP contribution in [0.2, 0.25) is 0 Å². The number of benzene rings is 2. The molecule has 0 bridgehead atoms. The van der Waals surface area contributed by atoms with E-state index in [-0.39, 0.29) is 5.78 Å². The fraction of sp³-hybridized carbons (Fsp3) is 0.188. The van der Waals surface area contributed by atoms with Gasteiger partial charge in [0.1, 0.15) is 5.75 Å². The van der Waals surface area contributed by atoms with Crippen LogP contribution in [0.4, 0.5) is 5.69 Å². The maximum atomic E-state index is 12.5. The Morgan fingerprint density at radius 1 is 1.21 bits per heavy atom. The highest BCUT2D eigenvalue weighted by atomic mass is 16.5. The number of anilines is 1. The van der Waals surface area contributed by atoms with Crippen molar-refractivity contribution in [2.75, 3.05) is 12.3 Å². The lowest BCUT2D eigenvalue weighted by Crippen LogP contribution is -2.04. The van der Waals surface area contributed by atoms with Gasteiger partial charge in [0.25, 0.3) is 0 Å². The second-order valence-corrected chi connectivity index (χ2v) is 4.82. The molecule has 0 fully saturated rings. The van der Waals surface area contributed by atoms with Gasteiger partial charge in [0.05, 0.1) is 6.61 Å². The highest BCUT2D eigenvalue weighted by Gasteiger charge is 2.17. The number of fused-ring (bicyclic) bond motifs is 1. The molecule has 2 aromatic rings. The molecule has 19 heavy (non-hydrogen) atoms. The molecule has 3 nitrogen and oxygen atoms in total. The zero-order valence-corrected chi connectivity index (χ0v) is 10.8. The summed E-state index contributed by atoms with van der Waals surface area (Å²) >= 11 is 0. The number of rotatable bonds is 2. The maximum Gasteiger partial charge on any atom is 0.193 e. The van der Waals surface area contributed by atoms with Crippen LogP contribution in [0.5, 0.6) is 5.75 Å². The monoisotopic (exact) mass is 253 g/mol. The van der Waals surface area contributed by atoms with Crippen LogP contribution in [0.15, 0.2) is 36.4 Å². The molecule has 3 heteroatoms. The molecule has 0 spiro atoms. The Kier molecular flexibility index (Phi) is 2.75. The van der Waals surface area contributed by atoms with E-state index < -0.39 is 0 Å². The summed E-state index contributed by atoms with van der Waals surface area (Å²) in [6, 6.07) is 11.0. The Morgan fingerprint density at radius 2 is 2.05 bits per heavy atom. The molecule has 1 aliphatic rings. The number of ketones is 1. The number of carbonyl (C=O) groups excluding carboxylic acids is 1. The molecule has 0 saturated carbocycles. The van der Waals surface area contributed by atoms with Crippen LogP contribution in [0.1, 0.15) is 27.0 Å². The van der Waals surface area contributed by atoms with Gasteiger partial charge in [-0.2, -0.15) is 0 Å². The van der Waals surface area contributed by atoms with Gasteiger partial charge in [0.2, 0.25) is 0 Å². The van der Waals surface area contributed by atoms with E-state index in [1.807, 2.05) is 31.2 Å². The molecule has 0 radical (unpaired) electrons. The minimum Gasteiger partial charge on any atom is -0.493 e. The van der Waals surface area contributed by atoms with Gasteiger partial charge >= 0.3 is 0 Å². The smallest absolute Gasteiger partial charge is 0.193 e. The summed E-state index contributed by atoms with van der Waals surface area (Å²) in [6.45, 7) is 2.61. The van der Waals surface area contributed by atoms with Crippen molar-refractivity contribution in [2.24, 2.45) is 0 Å². The molecular formula is C16H15NO2. The van der Waals surface area contributed by atoms with Crippen molar-refractivity contribution >= 4 is 11.5 Å². The van der Waals surface area contributed by atoms with Gasteiger partial charge in [-0.05, 0) is 54.4 Å². The van der Waals surface area contributed by atoms with Crippen LogP contribution in [-0.2, 0) is 6.42 Å². The van der Waals surface area contributed by atoms with E-state index in [1.165, 1.54) is 0 Å². The van der Waals surface area contributed by atoms with Gasteiger partial charge in [0.15, 0.2) is 5.78 Å². The van der Waals surface area contributed by atoms with E-state index in [4.69, 9.17) is 10.5 Å². The van der Waals surface area contributed by atoms with Crippen molar-refractivity contribution < 1.29 is 9.53 Å². The summed E-state index contributed by atoms with van der Waals surface area (Å²) in [5.41, 5.74) is 9.81. The molecule has 0 aromatic heterocycles. The minimum absolute atomic E-state index is 0.0344. The zero-order chi connectivity index (χ0) is 13.4. The van der Waals surface area contributed by atoms with Crippen LogP contribution < -0.4 is 10.5 Å². The predicted molar refractivity (Wildman–Crippen MR) is 74.7 cm³/mol. The fourth-order valence-corrected chi connectivity index (χ4v) is 2.42. The van der Waals surface area contributed by atoms with Gasteiger partial charge in [-0.25, -0.2) is 0 Å². The number of hydrogen-bond acceptors (Lipinski definition) is 3. The van der Waals surface area contributed by atoms with E-state index in [2.05, 4.69) is 0 Å². The van der Waals surface area contributed by atoms with Crippen LogP contribution in [-0.4, -0.2) is 12.4 Å². The third-order valence-electron chi connectivity index (χ3n) is 3.45. The lowest BCUT2D eigenvalue weighted by atomic mass is 9.97. The number of carbonyl (C=O) groups is 1. The van der Waals surface area contributed by atoms with E-state index in [0.29, 0.717) is 23.4 Å². The van der Waals surface area contributed by atoms with Crippen molar-refractivity contribution in [3.05, 3.63) is 58.7 Å². The Balaban J connectivity index is 2.00. The molecule has 0 atom stereocenters. The Hall–Kier alpha value is -2.29. The second-order valence-electron chi connectivity index (χ2n) is 4.82. The van der Waals surface area contributed by atoms with Gasteiger partial charge in [-0.1, -0.05) is 0 Å². The van der Waals surface area contributed by atoms with Crippen molar-refractivity contribution in [3.63, 3.8) is 0 Å². The number of hydrogen-bond donors (Lipinski definition) is 1. The van der Waals surface area contributed by atoms with Gasteiger partial charge in [-0.15, -0.1) is 0 Å². The fourth-order valence-electron chi connectivity index (χ4n) is 2.42. The molecule has 0 saturated heterocycles. The molecular weight excluding hydrogens is 238 g/mol. The van der Waals surface area contributed by atoms with E-state index in [9.17, 15) is 4.79 Å². The Labute approximate surface area is 112 Å². The first kappa shape index (κ1) is 11.8. The molecule has 2 N–H and O–H groups in total. The van der Waals surface area contributed by atoms with Crippen LogP contribution in [0.25, 0.3) is 0 Å². The van der Waals surface area contributed by atoms with E-state index in [0.717, 1.165) is 23.3 Å². The molecule has 3 rings (SSSR count). The third-order valence-corrected chi connectivity index (χ3v) is 3.45. The summed E-state index contributed by atoms with van der Waals surface area (Å²) in [5.74, 6) is 0.928. The molecule has 2 aromatic carbocycles. The first-order chi connectivity index (χ1) is 9.15. The number of nitrogen functional groups attached to an aromatic ring is 1. The van der Waals surface area contributed by atoms with E-state index >= 15 is 0 Å². The summed E-state index contributed by atoms with van der Waals surface area (Å²) in [4.78, 5) is 12.5. The lowest BCUT2D eigenvalue weighted by Gasteiger charge is -2.07. The first-order valence-electron chi connectivity index (χ1n) is 6.32. The quantitative estimate of drug-likeness (QED) is 0.661. The molecule has 96 valence electrons. The van der Waals surface area contributed by atoms with Crippen LogP contribution in [0, 0.1) is 6.92 Å². The SMILES string of the molecule is Cc1cc(N)ccc1C(=O)c1ccc2c(c1)CCO2. The Morgan fingerprint density at radius 3 is 2.84 bits per heavy atom. The summed E-state index contributed by atoms with van der Waals surface area (Å²) in [7, 11) is 0.